The van der Waals surface area contributed by atoms with Crippen LogP contribution >= 0.6 is 11.3 Å². The summed E-state index contributed by atoms with van der Waals surface area (Å²) in [5.74, 6) is -0.0612. The zero-order valence-corrected chi connectivity index (χ0v) is 13.1. The molecule has 0 aliphatic carbocycles. The summed E-state index contributed by atoms with van der Waals surface area (Å²) in [5.41, 5.74) is 3.03. The SMILES string of the molecule is CNC(=O)c1ccc(NC(C)c2cc(C)sc2C)cc1. The molecule has 0 fully saturated rings. The molecule has 3 nitrogen and oxygen atoms in total. The van der Waals surface area contributed by atoms with E-state index < -0.39 is 0 Å². The summed E-state index contributed by atoms with van der Waals surface area (Å²) in [5, 5.41) is 6.09. The van der Waals surface area contributed by atoms with Crippen LogP contribution in [0, 0.1) is 13.8 Å². The number of nitrogens with one attached hydrogen (secondary N) is 2. The first-order valence-electron chi connectivity index (χ1n) is 6.67. The first-order valence-corrected chi connectivity index (χ1v) is 7.48. The average Bonchev–Trinajstić information content (AvgIpc) is 2.78. The van der Waals surface area contributed by atoms with Crippen LogP contribution in [0.25, 0.3) is 0 Å². The smallest absolute Gasteiger partial charge is 0.251 e. The summed E-state index contributed by atoms with van der Waals surface area (Å²) in [7, 11) is 1.64. The summed E-state index contributed by atoms with van der Waals surface area (Å²) in [6.45, 7) is 6.44. The van der Waals surface area contributed by atoms with Crippen LogP contribution < -0.4 is 10.6 Å². The Kier molecular flexibility index (Phi) is 4.45. The van der Waals surface area contributed by atoms with Gasteiger partial charge in [-0.25, -0.2) is 0 Å². The number of carbonyl (C=O) groups excluding carboxylic acids is 1. The van der Waals surface area contributed by atoms with Crippen LogP contribution in [0.3, 0.4) is 0 Å². The van der Waals surface area contributed by atoms with Crippen molar-refractivity contribution >= 4 is 22.9 Å². The minimum absolute atomic E-state index is 0.0612. The standard InChI is InChI=1S/C16H20N2OS/c1-10-9-15(12(3)20-10)11(2)18-14-7-5-13(6-8-14)16(19)17-4/h5-9,11,18H,1-4H3,(H,17,19). The van der Waals surface area contributed by atoms with E-state index >= 15 is 0 Å². The van der Waals surface area contributed by atoms with Gasteiger partial charge in [0.25, 0.3) is 5.91 Å². The molecule has 20 heavy (non-hydrogen) atoms. The number of amides is 1. The van der Waals surface area contributed by atoms with E-state index in [-0.39, 0.29) is 11.9 Å². The van der Waals surface area contributed by atoms with E-state index in [0.29, 0.717) is 5.56 Å². The average molecular weight is 288 g/mol. The first-order chi connectivity index (χ1) is 9.51. The largest absolute Gasteiger partial charge is 0.378 e. The van der Waals surface area contributed by atoms with E-state index in [4.69, 9.17) is 0 Å². The fraction of sp³-hybridized carbons (Fsp3) is 0.312. The molecule has 1 aromatic carbocycles. The zero-order valence-electron chi connectivity index (χ0n) is 12.3. The summed E-state index contributed by atoms with van der Waals surface area (Å²) in [6, 6.07) is 10.0. The fourth-order valence-corrected chi connectivity index (χ4v) is 3.29. The molecular weight excluding hydrogens is 268 g/mol. The normalized spacial score (nSPS) is 12.0. The Morgan fingerprint density at radius 2 is 1.85 bits per heavy atom. The lowest BCUT2D eigenvalue weighted by Crippen LogP contribution is -2.17. The van der Waals surface area contributed by atoms with Crippen LogP contribution in [0.1, 0.15) is 38.6 Å². The van der Waals surface area contributed by atoms with Gasteiger partial charge in [-0.1, -0.05) is 0 Å². The van der Waals surface area contributed by atoms with Gasteiger partial charge in [0, 0.05) is 34.1 Å². The molecule has 2 rings (SSSR count). The number of rotatable bonds is 4. The minimum atomic E-state index is -0.0612. The predicted molar refractivity (Wildman–Crippen MR) is 85.7 cm³/mol. The molecule has 1 heterocycles. The van der Waals surface area contributed by atoms with Gasteiger partial charge < -0.3 is 10.6 Å². The molecule has 106 valence electrons. The first kappa shape index (κ1) is 14.6. The molecule has 0 bridgehead atoms. The Labute approximate surface area is 124 Å². The highest BCUT2D eigenvalue weighted by Crippen LogP contribution is 2.28. The van der Waals surface area contributed by atoms with Gasteiger partial charge in [0.1, 0.15) is 0 Å². The number of anilines is 1. The molecule has 1 unspecified atom stereocenters. The van der Waals surface area contributed by atoms with Gasteiger partial charge in [-0.05, 0) is 56.7 Å². The maximum atomic E-state index is 11.5. The number of hydrogen-bond donors (Lipinski definition) is 2. The number of benzene rings is 1. The molecule has 0 aliphatic rings. The van der Waals surface area contributed by atoms with Crippen LogP contribution in [0.15, 0.2) is 30.3 Å². The third kappa shape index (κ3) is 3.20. The third-order valence-electron chi connectivity index (χ3n) is 3.30. The van der Waals surface area contributed by atoms with Gasteiger partial charge in [0.05, 0.1) is 0 Å². The summed E-state index contributed by atoms with van der Waals surface area (Å²) in [4.78, 5) is 14.2. The van der Waals surface area contributed by atoms with E-state index in [2.05, 4.69) is 37.5 Å². The van der Waals surface area contributed by atoms with Crippen LogP contribution in [0.5, 0.6) is 0 Å². The van der Waals surface area contributed by atoms with Crippen molar-refractivity contribution in [2.75, 3.05) is 12.4 Å². The van der Waals surface area contributed by atoms with Gasteiger partial charge in [-0.3, -0.25) is 4.79 Å². The lowest BCUT2D eigenvalue weighted by Gasteiger charge is -2.15. The summed E-state index contributed by atoms with van der Waals surface area (Å²) >= 11 is 1.82. The van der Waals surface area contributed by atoms with Crippen molar-refractivity contribution in [1.29, 1.82) is 0 Å². The monoisotopic (exact) mass is 288 g/mol. The van der Waals surface area contributed by atoms with Crippen molar-refractivity contribution < 1.29 is 4.79 Å². The van der Waals surface area contributed by atoms with E-state index in [0.717, 1.165) is 5.69 Å². The Morgan fingerprint density at radius 3 is 2.35 bits per heavy atom. The van der Waals surface area contributed by atoms with E-state index in [1.54, 1.807) is 7.05 Å². The van der Waals surface area contributed by atoms with Crippen molar-refractivity contribution in [3.63, 3.8) is 0 Å². The molecule has 0 spiro atoms. The second-order valence-corrected chi connectivity index (χ2v) is 6.35. The minimum Gasteiger partial charge on any atom is -0.378 e. The van der Waals surface area contributed by atoms with E-state index in [1.165, 1.54) is 15.3 Å². The van der Waals surface area contributed by atoms with Gasteiger partial charge in [-0.15, -0.1) is 11.3 Å². The van der Waals surface area contributed by atoms with Gasteiger partial charge in [0.2, 0.25) is 0 Å². The zero-order chi connectivity index (χ0) is 14.7. The Bertz CT molecular complexity index is 601. The lowest BCUT2D eigenvalue weighted by molar-refractivity contribution is 0.0963. The summed E-state index contributed by atoms with van der Waals surface area (Å²) < 4.78 is 0. The third-order valence-corrected chi connectivity index (χ3v) is 4.28. The van der Waals surface area contributed by atoms with Gasteiger partial charge >= 0.3 is 0 Å². The predicted octanol–water partition coefficient (Wildman–Crippen LogP) is 3.90. The van der Waals surface area contributed by atoms with Crippen molar-refractivity contribution in [3.8, 4) is 0 Å². The summed E-state index contributed by atoms with van der Waals surface area (Å²) in [6.07, 6.45) is 0. The molecule has 2 aromatic rings. The molecule has 1 amide bonds. The van der Waals surface area contributed by atoms with E-state index in [9.17, 15) is 4.79 Å². The van der Waals surface area contributed by atoms with Crippen LogP contribution in [0.2, 0.25) is 0 Å². The van der Waals surface area contributed by atoms with Crippen molar-refractivity contribution in [3.05, 3.63) is 51.2 Å². The fourth-order valence-electron chi connectivity index (χ4n) is 2.27. The van der Waals surface area contributed by atoms with Crippen molar-refractivity contribution in [2.45, 2.75) is 26.8 Å². The highest BCUT2D eigenvalue weighted by molar-refractivity contribution is 7.12. The molecule has 0 saturated carbocycles. The topological polar surface area (TPSA) is 41.1 Å². The molecule has 2 N–H and O–H groups in total. The van der Waals surface area contributed by atoms with E-state index in [1.807, 2.05) is 35.6 Å². The number of aryl methyl sites for hydroxylation is 2. The Balaban J connectivity index is 2.10. The van der Waals surface area contributed by atoms with Gasteiger partial charge in [0.15, 0.2) is 0 Å². The molecule has 4 heteroatoms. The number of carbonyl (C=O) groups is 1. The Hall–Kier alpha value is -1.81. The highest BCUT2D eigenvalue weighted by Gasteiger charge is 2.11. The van der Waals surface area contributed by atoms with Crippen molar-refractivity contribution in [2.24, 2.45) is 0 Å². The van der Waals surface area contributed by atoms with Gasteiger partial charge in [-0.2, -0.15) is 0 Å². The van der Waals surface area contributed by atoms with Crippen molar-refractivity contribution in [1.82, 2.24) is 5.32 Å². The quantitative estimate of drug-likeness (QED) is 0.896. The molecule has 0 radical (unpaired) electrons. The molecule has 0 saturated heterocycles. The molecule has 1 aromatic heterocycles. The van der Waals surface area contributed by atoms with Crippen LogP contribution in [-0.4, -0.2) is 13.0 Å². The molecular formula is C16H20N2OS. The molecule has 1 atom stereocenters. The number of thiophene rings is 1. The van der Waals surface area contributed by atoms with Crippen LogP contribution in [0.4, 0.5) is 5.69 Å². The maximum Gasteiger partial charge on any atom is 0.251 e. The molecule has 0 aliphatic heterocycles. The Morgan fingerprint density at radius 1 is 1.20 bits per heavy atom. The second kappa shape index (κ2) is 6.09. The highest BCUT2D eigenvalue weighted by atomic mass is 32.1. The van der Waals surface area contributed by atoms with Crippen LogP contribution in [-0.2, 0) is 0 Å². The lowest BCUT2D eigenvalue weighted by atomic mass is 10.1. The second-order valence-electron chi connectivity index (χ2n) is 4.89. The maximum absolute atomic E-state index is 11.5. The number of hydrogen-bond acceptors (Lipinski definition) is 3.